The van der Waals surface area contributed by atoms with Crippen LogP contribution in [0.15, 0.2) is 78.9 Å². The third kappa shape index (κ3) is 4.34. The molecule has 9 heteroatoms. The molecular weight excluding hydrogens is 448 g/mol. The lowest BCUT2D eigenvalue weighted by Gasteiger charge is -2.14. The summed E-state index contributed by atoms with van der Waals surface area (Å²) in [6, 6.07) is 23.4. The van der Waals surface area contributed by atoms with Gasteiger partial charge >= 0.3 is 12.1 Å². The van der Waals surface area contributed by atoms with Crippen LogP contribution >= 0.6 is 0 Å². The van der Waals surface area contributed by atoms with Gasteiger partial charge in [0.05, 0.1) is 11.3 Å². The van der Waals surface area contributed by atoms with Gasteiger partial charge in [0.2, 0.25) is 0 Å². The molecule has 0 bridgehead atoms. The highest BCUT2D eigenvalue weighted by molar-refractivity contribution is 6.07. The quantitative estimate of drug-likeness (QED) is 0.324. The molecule has 5 rings (SSSR count). The molecule has 35 heavy (non-hydrogen) atoms. The zero-order chi connectivity index (χ0) is 24.4. The first-order valence-corrected chi connectivity index (χ1v) is 10.8. The third-order valence-corrected chi connectivity index (χ3v) is 5.80. The molecule has 4 N–H and O–H groups in total. The number of H-pyrrole nitrogens is 1. The predicted molar refractivity (Wildman–Crippen MR) is 129 cm³/mol. The standard InChI is InChI=1S/C26H20N4O5/c31-24(27-21-12-6-5-11-19(21)25(32)33)22-13-23(30-29-22)28-26(34)35-14-20-17-9-3-1-7-15(17)16-8-2-4-10-18(16)20/h1-13,20H,14H2,(H,27,31)(H,32,33)(H2,28,29,30,34). The maximum Gasteiger partial charge on any atom is 0.412 e. The molecule has 2 amide bonds. The molecule has 3 aromatic carbocycles. The van der Waals surface area contributed by atoms with Crippen molar-refractivity contribution < 1.29 is 24.2 Å². The van der Waals surface area contributed by atoms with Crippen LogP contribution in [0.3, 0.4) is 0 Å². The molecule has 0 spiro atoms. The van der Waals surface area contributed by atoms with Crippen LogP contribution in [0, 0.1) is 0 Å². The highest BCUT2D eigenvalue weighted by Crippen LogP contribution is 2.44. The molecular formula is C26H20N4O5. The Balaban J connectivity index is 1.22. The van der Waals surface area contributed by atoms with Crippen molar-refractivity contribution in [2.75, 3.05) is 17.2 Å². The van der Waals surface area contributed by atoms with Crippen LogP contribution in [0.25, 0.3) is 11.1 Å². The molecule has 4 aromatic rings. The van der Waals surface area contributed by atoms with Crippen LogP contribution in [0.2, 0.25) is 0 Å². The van der Waals surface area contributed by atoms with E-state index in [0.29, 0.717) is 0 Å². The van der Waals surface area contributed by atoms with Gasteiger partial charge in [-0.05, 0) is 34.4 Å². The van der Waals surface area contributed by atoms with Crippen LogP contribution in [0.5, 0.6) is 0 Å². The van der Waals surface area contributed by atoms with Gasteiger partial charge in [0.15, 0.2) is 5.82 Å². The number of rotatable bonds is 6. The molecule has 0 atom stereocenters. The van der Waals surface area contributed by atoms with Gasteiger partial charge in [0.25, 0.3) is 5.91 Å². The Morgan fingerprint density at radius 1 is 0.886 bits per heavy atom. The molecule has 1 aliphatic carbocycles. The van der Waals surface area contributed by atoms with E-state index in [0.717, 1.165) is 22.3 Å². The molecule has 0 saturated heterocycles. The number of para-hydroxylation sites is 1. The summed E-state index contributed by atoms with van der Waals surface area (Å²) in [5.41, 5.74) is 4.60. The second-order valence-electron chi connectivity index (χ2n) is 7.92. The zero-order valence-electron chi connectivity index (χ0n) is 18.3. The Bertz CT molecular complexity index is 1400. The van der Waals surface area contributed by atoms with Gasteiger partial charge in [-0.3, -0.25) is 15.2 Å². The number of nitrogens with zero attached hydrogens (tertiary/aromatic N) is 1. The van der Waals surface area contributed by atoms with Crippen LogP contribution in [-0.4, -0.2) is 39.9 Å². The van der Waals surface area contributed by atoms with E-state index in [1.807, 2.05) is 36.4 Å². The molecule has 0 unspecified atom stereocenters. The first-order valence-electron chi connectivity index (χ1n) is 10.8. The van der Waals surface area contributed by atoms with Crippen LogP contribution in [-0.2, 0) is 4.74 Å². The summed E-state index contributed by atoms with van der Waals surface area (Å²) in [7, 11) is 0. The van der Waals surface area contributed by atoms with Crippen molar-refractivity contribution in [3.05, 3.63) is 101 Å². The minimum atomic E-state index is -1.16. The highest BCUT2D eigenvalue weighted by Gasteiger charge is 2.29. The third-order valence-electron chi connectivity index (χ3n) is 5.80. The summed E-state index contributed by atoms with van der Waals surface area (Å²) in [5.74, 6) is -1.75. The second kappa shape index (κ2) is 9.14. The van der Waals surface area contributed by atoms with Crippen molar-refractivity contribution in [3.63, 3.8) is 0 Å². The Morgan fingerprint density at radius 2 is 1.51 bits per heavy atom. The van der Waals surface area contributed by atoms with Gasteiger partial charge in [-0.15, -0.1) is 0 Å². The fourth-order valence-corrected chi connectivity index (χ4v) is 4.21. The summed E-state index contributed by atoms with van der Waals surface area (Å²) >= 11 is 0. The van der Waals surface area contributed by atoms with Gasteiger partial charge in [-0.2, -0.15) is 5.10 Å². The number of fused-ring (bicyclic) bond motifs is 3. The SMILES string of the molecule is O=C(Nc1cc(C(=O)Nc2ccccc2C(=O)O)[nH]n1)OCC1c2ccccc2-c2ccccc21. The maximum absolute atomic E-state index is 12.5. The number of carbonyl (C=O) groups excluding carboxylic acids is 2. The molecule has 1 heterocycles. The number of aromatic carboxylic acids is 1. The maximum atomic E-state index is 12.5. The van der Waals surface area contributed by atoms with Crippen molar-refractivity contribution in [2.45, 2.75) is 5.92 Å². The van der Waals surface area contributed by atoms with Gasteiger partial charge in [0, 0.05) is 12.0 Å². The topological polar surface area (TPSA) is 133 Å². The van der Waals surface area contributed by atoms with E-state index in [1.54, 1.807) is 12.1 Å². The van der Waals surface area contributed by atoms with E-state index in [4.69, 9.17) is 4.74 Å². The number of anilines is 2. The van der Waals surface area contributed by atoms with E-state index in [9.17, 15) is 19.5 Å². The van der Waals surface area contributed by atoms with Crippen molar-refractivity contribution in [2.24, 2.45) is 0 Å². The molecule has 0 radical (unpaired) electrons. The van der Waals surface area contributed by atoms with Crippen LogP contribution in [0.1, 0.15) is 37.9 Å². The number of carboxylic acids is 1. The number of amides is 2. The minimum Gasteiger partial charge on any atom is -0.478 e. The Hall–Kier alpha value is -4.92. The van der Waals surface area contributed by atoms with Crippen LogP contribution < -0.4 is 10.6 Å². The highest BCUT2D eigenvalue weighted by atomic mass is 16.5. The van der Waals surface area contributed by atoms with Gasteiger partial charge in [0.1, 0.15) is 12.3 Å². The Labute approximate surface area is 199 Å². The van der Waals surface area contributed by atoms with E-state index >= 15 is 0 Å². The normalized spacial score (nSPS) is 11.9. The van der Waals surface area contributed by atoms with Crippen molar-refractivity contribution in [3.8, 4) is 11.1 Å². The zero-order valence-corrected chi connectivity index (χ0v) is 18.3. The van der Waals surface area contributed by atoms with E-state index in [2.05, 4.69) is 33.0 Å². The van der Waals surface area contributed by atoms with Crippen molar-refractivity contribution in [1.29, 1.82) is 0 Å². The average molecular weight is 468 g/mol. The number of aromatic nitrogens is 2. The summed E-state index contributed by atoms with van der Waals surface area (Å²) in [6.45, 7) is 0.142. The number of hydrogen-bond acceptors (Lipinski definition) is 5. The lowest BCUT2D eigenvalue weighted by atomic mass is 9.98. The average Bonchev–Trinajstić information content (AvgIpc) is 3.46. The number of carbonyl (C=O) groups is 3. The minimum absolute atomic E-state index is 0.0409. The second-order valence-corrected chi connectivity index (χ2v) is 7.92. The predicted octanol–water partition coefficient (Wildman–Crippen LogP) is 4.72. The number of hydrogen-bond donors (Lipinski definition) is 4. The molecule has 1 aromatic heterocycles. The van der Waals surface area contributed by atoms with Crippen molar-refractivity contribution >= 4 is 29.5 Å². The smallest absolute Gasteiger partial charge is 0.412 e. The molecule has 0 fully saturated rings. The molecule has 174 valence electrons. The van der Waals surface area contributed by atoms with Gasteiger partial charge < -0.3 is 15.2 Å². The Morgan fingerprint density at radius 3 is 2.20 bits per heavy atom. The first kappa shape index (κ1) is 21.9. The monoisotopic (exact) mass is 468 g/mol. The van der Waals surface area contributed by atoms with E-state index in [-0.39, 0.29) is 35.3 Å². The van der Waals surface area contributed by atoms with Gasteiger partial charge in [-0.25, -0.2) is 9.59 Å². The molecule has 0 aliphatic heterocycles. The number of benzene rings is 3. The number of nitrogens with one attached hydrogen (secondary N) is 3. The fourth-order valence-electron chi connectivity index (χ4n) is 4.21. The summed E-state index contributed by atoms with van der Waals surface area (Å²) in [4.78, 5) is 36.3. The largest absolute Gasteiger partial charge is 0.478 e. The van der Waals surface area contributed by atoms with Crippen LogP contribution in [0.4, 0.5) is 16.3 Å². The summed E-state index contributed by atoms with van der Waals surface area (Å²) < 4.78 is 5.48. The van der Waals surface area contributed by atoms with Crippen molar-refractivity contribution in [1.82, 2.24) is 10.2 Å². The molecule has 9 nitrogen and oxygen atoms in total. The van der Waals surface area contributed by atoms with E-state index in [1.165, 1.54) is 18.2 Å². The Kier molecular flexibility index (Phi) is 5.72. The first-order chi connectivity index (χ1) is 17.0. The fraction of sp³-hybridized carbons (Fsp3) is 0.0769. The molecule has 1 aliphatic rings. The summed E-state index contributed by atoms with van der Waals surface area (Å²) in [6.07, 6.45) is -0.707. The lowest BCUT2D eigenvalue weighted by Crippen LogP contribution is -2.18. The number of aromatic amines is 1. The molecule has 0 saturated carbocycles. The van der Waals surface area contributed by atoms with E-state index < -0.39 is 18.0 Å². The lowest BCUT2D eigenvalue weighted by molar-refractivity contribution is 0.0698. The number of ether oxygens (including phenoxy) is 1. The number of carboxylic acid groups (broad SMARTS) is 1. The summed E-state index contributed by atoms with van der Waals surface area (Å²) in [5, 5.41) is 20.7. The van der Waals surface area contributed by atoms with Gasteiger partial charge in [-0.1, -0.05) is 60.7 Å².